The molecule has 4 N–H and O–H groups in total. The lowest BCUT2D eigenvalue weighted by Gasteiger charge is -2.14. The number of halogens is 1. The number of aliphatic carboxylic acids is 1. The second-order valence-electron chi connectivity index (χ2n) is 7.53. The van der Waals surface area contributed by atoms with E-state index >= 15 is 0 Å². The summed E-state index contributed by atoms with van der Waals surface area (Å²) in [5, 5.41) is 13.0. The summed E-state index contributed by atoms with van der Waals surface area (Å²) in [5.74, 6) is -2.31. The summed E-state index contributed by atoms with van der Waals surface area (Å²) in [6.45, 7) is -0.842. The quantitative estimate of drug-likeness (QED) is 0.126. The summed E-state index contributed by atoms with van der Waals surface area (Å²) in [4.78, 5) is 43.9. The number of aldehydes is 1. The van der Waals surface area contributed by atoms with Gasteiger partial charge in [-0.15, -0.1) is 10.0 Å². The summed E-state index contributed by atoms with van der Waals surface area (Å²) in [5.41, 5.74) is 1.27. The van der Waals surface area contributed by atoms with Gasteiger partial charge in [-0.1, -0.05) is 64.2 Å². The Hall–Kier alpha value is -2.03. The highest BCUT2D eigenvalue weighted by molar-refractivity contribution is 5.86. The Labute approximate surface area is 178 Å². The summed E-state index contributed by atoms with van der Waals surface area (Å²) in [6, 6.07) is -1.32. The zero-order valence-corrected chi connectivity index (χ0v) is 17.9. The molecule has 8 nitrogen and oxygen atoms in total. The van der Waals surface area contributed by atoms with Crippen molar-refractivity contribution in [2.45, 2.75) is 95.9 Å². The minimum atomic E-state index is -1.32. The van der Waals surface area contributed by atoms with E-state index in [-0.39, 0.29) is 12.5 Å². The lowest BCUT2D eigenvalue weighted by atomic mass is 10.0. The van der Waals surface area contributed by atoms with Crippen molar-refractivity contribution in [3.8, 4) is 0 Å². The number of unbranched alkanes of at least 4 members (excludes halogenated alkanes) is 12. The van der Waals surface area contributed by atoms with E-state index in [2.05, 4.69) is 10.6 Å². The third kappa shape index (κ3) is 18.0. The zero-order valence-electron chi connectivity index (χ0n) is 17.9. The van der Waals surface area contributed by atoms with Gasteiger partial charge in [0, 0.05) is 19.4 Å². The fourth-order valence-electron chi connectivity index (χ4n) is 3.05. The van der Waals surface area contributed by atoms with E-state index < -0.39 is 24.5 Å². The van der Waals surface area contributed by atoms with Crippen LogP contribution >= 0.6 is 0 Å². The number of amides is 2. The lowest BCUT2D eigenvalue weighted by molar-refractivity contribution is -0.138. The fourth-order valence-corrected chi connectivity index (χ4v) is 3.05. The van der Waals surface area contributed by atoms with Crippen molar-refractivity contribution in [3.63, 3.8) is 0 Å². The average molecular weight is 432 g/mol. The van der Waals surface area contributed by atoms with Gasteiger partial charge in [-0.3, -0.25) is 14.4 Å². The largest absolute Gasteiger partial charge is 0.480 e. The first-order valence-electron chi connectivity index (χ1n) is 11.1. The lowest BCUT2D eigenvalue weighted by Crippen LogP contribution is -2.49. The number of carbonyl (C=O) groups is 4. The molecule has 0 radical (unpaired) electrons. The number of carboxylic acids is 1. The predicted molar refractivity (Wildman–Crippen MR) is 112 cm³/mol. The maximum atomic E-state index is 12.6. The number of nitrogens with one attached hydrogen (secondary N) is 3. The van der Waals surface area contributed by atoms with Crippen LogP contribution in [0.2, 0.25) is 0 Å². The van der Waals surface area contributed by atoms with Gasteiger partial charge in [-0.05, 0) is 12.8 Å². The van der Waals surface area contributed by atoms with Crippen LogP contribution in [-0.4, -0.2) is 48.3 Å². The fraction of sp³-hybridized carbons (Fsp3) is 0.810. The molecule has 2 amide bonds. The number of carboxylic acid groups (broad SMARTS) is 1. The van der Waals surface area contributed by atoms with Crippen molar-refractivity contribution in [3.05, 3.63) is 0 Å². The van der Waals surface area contributed by atoms with E-state index in [9.17, 15) is 23.7 Å². The number of carbonyl (C=O) groups excluding carboxylic acids is 3. The molecule has 0 bridgehead atoms. The molecule has 0 saturated heterocycles. The van der Waals surface area contributed by atoms with Crippen molar-refractivity contribution >= 4 is 24.1 Å². The molecule has 30 heavy (non-hydrogen) atoms. The van der Waals surface area contributed by atoms with Gasteiger partial charge in [-0.25, -0.2) is 0 Å². The second kappa shape index (κ2) is 20.3. The van der Waals surface area contributed by atoms with Crippen LogP contribution in [0.3, 0.4) is 0 Å². The first-order chi connectivity index (χ1) is 14.5. The van der Waals surface area contributed by atoms with E-state index in [1.54, 1.807) is 0 Å². The van der Waals surface area contributed by atoms with Gasteiger partial charge in [0.05, 0.1) is 0 Å². The third-order valence-corrected chi connectivity index (χ3v) is 4.84. The molecule has 0 rings (SSSR count). The monoisotopic (exact) mass is 431 g/mol. The standard InChI is InChI=1S/C21H38FN3O5/c22-25-18(21(30)24-17-20(28)29)16-23-19(27)14-12-10-8-6-4-2-1-3-5-7-9-11-13-15-26/h15,18,25H,1-14,16-17H2,(H,23,27)(H,24,30)(H,28,29). The molecule has 0 heterocycles. The van der Waals surface area contributed by atoms with Gasteiger partial charge < -0.3 is 20.5 Å². The Morgan fingerprint density at radius 3 is 1.77 bits per heavy atom. The van der Waals surface area contributed by atoms with Gasteiger partial charge in [0.1, 0.15) is 18.9 Å². The van der Waals surface area contributed by atoms with Crippen molar-refractivity contribution in [2.24, 2.45) is 0 Å². The molecule has 0 aromatic rings. The van der Waals surface area contributed by atoms with Crippen LogP contribution in [0.5, 0.6) is 0 Å². The molecule has 0 aliphatic heterocycles. The molecule has 0 aromatic carbocycles. The Morgan fingerprint density at radius 1 is 0.800 bits per heavy atom. The molecular formula is C21H38FN3O5. The normalized spacial score (nSPS) is 11.6. The van der Waals surface area contributed by atoms with Crippen molar-refractivity contribution in [1.29, 1.82) is 0 Å². The van der Waals surface area contributed by atoms with Crippen molar-refractivity contribution in [2.75, 3.05) is 13.1 Å². The van der Waals surface area contributed by atoms with Gasteiger partial charge in [0.2, 0.25) is 11.8 Å². The molecule has 0 spiro atoms. The van der Waals surface area contributed by atoms with E-state index in [0.717, 1.165) is 44.8 Å². The van der Waals surface area contributed by atoms with Gasteiger partial charge in [-0.2, -0.15) is 0 Å². The molecule has 9 heteroatoms. The highest BCUT2D eigenvalue weighted by atomic mass is 19.2. The average Bonchev–Trinajstić information content (AvgIpc) is 2.72. The van der Waals surface area contributed by atoms with Gasteiger partial charge in [0.15, 0.2) is 0 Å². The van der Waals surface area contributed by atoms with Crippen molar-refractivity contribution < 1.29 is 28.8 Å². The van der Waals surface area contributed by atoms with Crippen LogP contribution in [0, 0.1) is 0 Å². The summed E-state index contributed by atoms with van der Waals surface area (Å²) in [7, 11) is 0. The van der Waals surface area contributed by atoms with Gasteiger partial charge >= 0.3 is 5.97 Å². The first-order valence-corrected chi connectivity index (χ1v) is 11.1. The zero-order chi connectivity index (χ0) is 22.5. The first kappa shape index (κ1) is 28.0. The Kier molecular flexibility index (Phi) is 18.9. The minimum Gasteiger partial charge on any atom is -0.480 e. The Morgan fingerprint density at radius 2 is 1.30 bits per heavy atom. The van der Waals surface area contributed by atoms with Crippen LogP contribution in [0.4, 0.5) is 4.48 Å². The molecule has 174 valence electrons. The highest BCUT2D eigenvalue weighted by Gasteiger charge is 2.19. The molecule has 0 aliphatic rings. The molecular weight excluding hydrogens is 393 g/mol. The van der Waals surface area contributed by atoms with E-state index in [1.807, 2.05) is 0 Å². The van der Waals surface area contributed by atoms with E-state index in [1.165, 1.54) is 44.1 Å². The van der Waals surface area contributed by atoms with Crippen LogP contribution < -0.4 is 16.2 Å². The SMILES string of the molecule is O=CCCCCCCCCCCCCCCC(=O)NCC(NF)C(=O)NCC(=O)O. The van der Waals surface area contributed by atoms with Crippen LogP contribution in [-0.2, 0) is 19.2 Å². The second-order valence-corrected chi connectivity index (χ2v) is 7.53. The molecule has 1 atom stereocenters. The molecule has 0 aliphatic carbocycles. The molecule has 0 fully saturated rings. The topological polar surface area (TPSA) is 125 Å². The van der Waals surface area contributed by atoms with Crippen LogP contribution in [0.25, 0.3) is 0 Å². The third-order valence-electron chi connectivity index (χ3n) is 4.84. The van der Waals surface area contributed by atoms with Crippen molar-refractivity contribution in [1.82, 2.24) is 16.2 Å². The maximum Gasteiger partial charge on any atom is 0.322 e. The summed E-state index contributed by atoms with van der Waals surface area (Å²) < 4.78 is 12.6. The molecule has 1 unspecified atom stereocenters. The Bertz CT molecular complexity index is 491. The predicted octanol–water partition coefficient (Wildman–Crippen LogP) is 2.81. The highest BCUT2D eigenvalue weighted by Crippen LogP contribution is 2.12. The number of hydrogen-bond acceptors (Lipinski definition) is 5. The number of rotatable bonds is 21. The van der Waals surface area contributed by atoms with Gasteiger partial charge in [0.25, 0.3) is 0 Å². The molecule has 0 aromatic heterocycles. The minimum absolute atomic E-state index is 0.238. The molecule has 0 saturated carbocycles. The summed E-state index contributed by atoms with van der Waals surface area (Å²) in [6.07, 6.45) is 15.5. The van der Waals surface area contributed by atoms with E-state index in [4.69, 9.17) is 5.11 Å². The van der Waals surface area contributed by atoms with Crippen LogP contribution in [0.1, 0.15) is 89.9 Å². The number of hydrogen-bond donors (Lipinski definition) is 4. The van der Waals surface area contributed by atoms with Crippen LogP contribution in [0.15, 0.2) is 0 Å². The summed E-state index contributed by atoms with van der Waals surface area (Å²) >= 11 is 0. The smallest absolute Gasteiger partial charge is 0.322 e. The van der Waals surface area contributed by atoms with E-state index in [0.29, 0.717) is 12.8 Å². The Balaban J connectivity index is 3.51. The maximum absolute atomic E-state index is 12.6.